The maximum Gasteiger partial charge on any atom is 0.276 e. The molecule has 0 aliphatic heterocycles. The number of rotatable bonds is 14. The summed E-state index contributed by atoms with van der Waals surface area (Å²) in [7, 11) is 0. The molecule has 9 N–H and O–H groups in total. The van der Waals surface area contributed by atoms with Gasteiger partial charge in [0.15, 0.2) is 6.23 Å². The van der Waals surface area contributed by atoms with Crippen LogP contribution in [0.5, 0.6) is 0 Å². The van der Waals surface area contributed by atoms with Crippen LogP contribution in [0, 0.1) is 13.8 Å². The third-order valence-electron chi connectivity index (χ3n) is 8.64. The van der Waals surface area contributed by atoms with Crippen molar-refractivity contribution in [2.75, 3.05) is 10.6 Å². The van der Waals surface area contributed by atoms with Gasteiger partial charge in [-0.05, 0) is 75.7 Å². The van der Waals surface area contributed by atoms with Gasteiger partial charge in [0.2, 0.25) is 23.7 Å². The van der Waals surface area contributed by atoms with Crippen molar-refractivity contribution in [3.8, 4) is 0 Å². The number of benzene rings is 2. The SMILES string of the molecule is CCn1nc(C)cc1C(=O)Nc1nc2cc(C(N)=O)cc(CN)c2n1C/C=C/Cn1c(NC(O)c2cc(C)nn2CC)nc2cc(C(N)=O)ccc21. The van der Waals surface area contributed by atoms with Crippen LogP contribution >= 0.6 is 0 Å². The number of allylic oxidation sites excluding steroid dienone is 2. The van der Waals surface area contributed by atoms with E-state index in [1.165, 1.54) is 0 Å². The van der Waals surface area contributed by atoms with Crippen LogP contribution in [0.4, 0.5) is 11.9 Å². The molecule has 1 atom stereocenters. The number of nitrogens with two attached hydrogens (primary N) is 3. The molecule has 270 valence electrons. The summed E-state index contributed by atoms with van der Waals surface area (Å²) in [5.74, 6) is -1.02. The predicted octanol–water partition coefficient (Wildman–Crippen LogP) is 2.70. The minimum absolute atomic E-state index is 0.0876. The van der Waals surface area contributed by atoms with Gasteiger partial charge in [-0.2, -0.15) is 10.2 Å². The van der Waals surface area contributed by atoms with Crippen LogP contribution in [0.1, 0.15) is 73.9 Å². The Balaban J connectivity index is 1.35. The van der Waals surface area contributed by atoms with Crippen molar-refractivity contribution in [1.82, 2.24) is 38.7 Å². The molecule has 6 rings (SSSR count). The lowest BCUT2D eigenvalue weighted by atomic mass is 10.1. The van der Waals surface area contributed by atoms with Gasteiger partial charge in [-0.25, -0.2) is 9.97 Å². The molecule has 1 unspecified atom stereocenters. The number of anilines is 2. The van der Waals surface area contributed by atoms with Crippen LogP contribution in [0.25, 0.3) is 22.1 Å². The number of aliphatic hydroxyl groups is 1. The van der Waals surface area contributed by atoms with Crippen LogP contribution in [0.3, 0.4) is 0 Å². The van der Waals surface area contributed by atoms with Crippen LogP contribution in [-0.4, -0.2) is 61.5 Å². The first-order chi connectivity index (χ1) is 24.9. The van der Waals surface area contributed by atoms with E-state index < -0.39 is 23.9 Å². The molecule has 0 radical (unpaired) electrons. The number of imidazole rings is 2. The molecule has 0 fully saturated rings. The number of fused-ring (bicyclic) bond motifs is 2. The topological polar surface area (TPSA) is 245 Å². The Morgan fingerprint density at radius 3 is 2.13 bits per heavy atom. The van der Waals surface area contributed by atoms with E-state index in [0.29, 0.717) is 75.9 Å². The monoisotopic (exact) mass is 707 g/mol. The predicted molar refractivity (Wildman–Crippen MR) is 195 cm³/mol. The number of nitrogens with zero attached hydrogens (tertiary/aromatic N) is 8. The molecule has 3 amide bonds. The first-order valence-electron chi connectivity index (χ1n) is 16.7. The van der Waals surface area contributed by atoms with Gasteiger partial charge in [-0.15, -0.1) is 0 Å². The average Bonchev–Trinajstić information content (AvgIpc) is 3.88. The normalized spacial score (nSPS) is 12.3. The minimum atomic E-state index is -1.13. The van der Waals surface area contributed by atoms with Crippen LogP contribution in [-0.2, 0) is 32.7 Å². The Bertz CT molecular complexity index is 2360. The number of carbonyl (C=O) groups is 3. The molecule has 4 aromatic heterocycles. The molecule has 0 bridgehead atoms. The molecule has 17 heteroatoms. The smallest absolute Gasteiger partial charge is 0.276 e. The molecule has 0 saturated carbocycles. The summed E-state index contributed by atoms with van der Waals surface area (Å²) in [5.41, 5.74) is 23.1. The van der Waals surface area contributed by atoms with E-state index in [1.807, 2.05) is 44.4 Å². The van der Waals surface area contributed by atoms with E-state index in [4.69, 9.17) is 17.2 Å². The highest BCUT2D eigenvalue weighted by molar-refractivity contribution is 6.04. The number of hydrogen-bond acceptors (Lipinski definition) is 10. The molecular weight excluding hydrogens is 666 g/mol. The van der Waals surface area contributed by atoms with E-state index >= 15 is 0 Å². The molecule has 0 aliphatic rings. The van der Waals surface area contributed by atoms with Crippen LogP contribution in [0.15, 0.2) is 54.6 Å². The minimum Gasteiger partial charge on any atom is -0.368 e. The molecule has 0 spiro atoms. The van der Waals surface area contributed by atoms with E-state index in [9.17, 15) is 19.5 Å². The summed E-state index contributed by atoms with van der Waals surface area (Å²) in [6, 6.07) is 11.7. The standard InChI is InChI=1S/C35H41N13O4/c1-5-47-27(13-19(3)43-47)32(51)41-34-39-24-16-21(30(37)49)9-10-26(24)45(34)11-7-8-12-46-29-23(18-36)15-22(31(38)50)17-25(29)40-35(46)42-33(52)28-14-20(4)44-48(28)6-2/h7-10,13-17,32,51H,5-6,11-12,18,36H2,1-4H3,(H2,37,49)(H2,38,50)(H,39,41)(H,40,42,52)/b8-7+. The zero-order valence-corrected chi connectivity index (χ0v) is 29.3. The van der Waals surface area contributed by atoms with Crippen molar-refractivity contribution < 1.29 is 19.5 Å². The fourth-order valence-electron chi connectivity index (χ4n) is 6.23. The number of primary amides is 2. The Morgan fingerprint density at radius 2 is 1.46 bits per heavy atom. The molecule has 2 aromatic carbocycles. The Morgan fingerprint density at radius 1 is 0.827 bits per heavy atom. The number of hydrogen-bond donors (Lipinski definition) is 6. The molecule has 4 heterocycles. The lowest BCUT2D eigenvalue weighted by Gasteiger charge is -2.16. The van der Waals surface area contributed by atoms with Gasteiger partial charge in [0.05, 0.1) is 39.1 Å². The van der Waals surface area contributed by atoms with E-state index in [2.05, 4.69) is 30.8 Å². The lowest BCUT2D eigenvalue weighted by Crippen LogP contribution is -2.20. The highest BCUT2D eigenvalue weighted by Gasteiger charge is 2.22. The Kier molecular flexibility index (Phi) is 9.89. The van der Waals surface area contributed by atoms with Gasteiger partial charge in [-0.3, -0.25) is 29.1 Å². The van der Waals surface area contributed by atoms with Gasteiger partial charge in [-0.1, -0.05) is 12.2 Å². The summed E-state index contributed by atoms with van der Waals surface area (Å²) < 4.78 is 6.97. The quantitative estimate of drug-likeness (QED) is 0.0714. The summed E-state index contributed by atoms with van der Waals surface area (Å²) in [6.45, 7) is 9.18. The van der Waals surface area contributed by atoms with Crippen molar-refractivity contribution in [1.29, 1.82) is 0 Å². The van der Waals surface area contributed by atoms with Crippen molar-refractivity contribution in [2.24, 2.45) is 17.2 Å². The molecular formula is C35H41N13O4. The van der Waals surface area contributed by atoms with E-state index in [-0.39, 0.29) is 24.6 Å². The number of amides is 3. The van der Waals surface area contributed by atoms with Crippen molar-refractivity contribution in [2.45, 2.75) is 66.6 Å². The second-order valence-corrected chi connectivity index (χ2v) is 12.2. The van der Waals surface area contributed by atoms with Crippen molar-refractivity contribution in [3.05, 3.63) is 94.1 Å². The fourth-order valence-corrected chi connectivity index (χ4v) is 6.23. The molecule has 6 aromatic rings. The summed E-state index contributed by atoms with van der Waals surface area (Å²) >= 11 is 0. The third-order valence-corrected chi connectivity index (χ3v) is 8.64. The van der Waals surface area contributed by atoms with Crippen LogP contribution < -0.4 is 27.8 Å². The first kappa shape index (κ1) is 35.5. The fraction of sp³-hybridized carbons (Fsp3) is 0.286. The second kappa shape index (κ2) is 14.5. The second-order valence-electron chi connectivity index (χ2n) is 12.2. The highest BCUT2D eigenvalue weighted by atomic mass is 16.3. The van der Waals surface area contributed by atoms with Gasteiger partial charge in [0.25, 0.3) is 5.91 Å². The van der Waals surface area contributed by atoms with E-state index in [0.717, 1.165) is 5.69 Å². The highest BCUT2D eigenvalue weighted by Crippen LogP contribution is 2.27. The largest absolute Gasteiger partial charge is 0.368 e. The first-order valence-corrected chi connectivity index (χ1v) is 16.7. The van der Waals surface area contributed by atoms with E-state index in [1.54, 1.807) is 56.4 Å². The average molecular weight is 708 g/mol. The summed E-state index contributed by atoms with van der Waals surface area (Å²) in [4.78, 5) is 46.9. The number of carbonyl (C=O) groups excluding carboxylic acids is 3. The van der Waals surface area contributed by atoms with Crippen LogP contribution in [0.2, 0.25) is 0 Å². The molecule has 17 nitrogen and oxygen atoms in total. The van der Waals surface area contributed by atoms with Gasteiger partial charge >= 0.3 is 0 Å². The Hall–Kier alpha value is -6.33. The third kappa shape index (κ3) is 6.86. The van der Waals surface area contributed by atoms with Crippen molar-refractivity contribution >= 4 is 51.7 Å². The number of aromatic nitrogens is 8. The summed E-state index contributed by atoms with van der Waals surface area (Å²) in [5, 5.41) is 26.0. The maximum atomic E-state index is 13.5. The number of aryl methyl sites for hydroxylation is 4. The Labute approximate surface area is 298 Å². The number of aliphatic hydroxyl groups excluding tert-OH is 1. The van der Waals surface area contributed by atoms with Gasteiger partial charge in [0.1, 0.15) is 5.69 Å². The number of nitrogens with one attached hydrogen (secondary N) is 2. The zero-order chi connectivity index (χ0) is 37.3. The molecule has 0 saturated heterocycles. The zero-order valence-electron chi connectivity index (χ0n) is 29.3. The molecule has 52 heavy (non-hydrogen) atoms. The molecule has 0 aliphatic carbocycles. The maximum absolute atomic E-state index is 13.5. The van der Waals surface area contributed by atoms with Gasteiger partial charge < -0.3 is 36.8 Å². The lowest BCUT2D eigenvalue weighted by molar-refractivity contribution is 0.0992. The van der Waals surface area contributed by atoms with Crippen molar-refractivity contribution in [3.63, 3.8) is 0 Å². The summed E-state index contributed by atoms with van der Waals surface area (Å²) in [6.07, 6.45) is 2.65. The van der Waals surface area contributed by atoms with Gasteiger partial charge in [0, 0.05) is 43.9 Å².